The van der Waals surface area contributed by atoms with Gasteiger partial charge in [0.05, 0.1) is 0 Å². The van der Waals surface area contributed by atoms with Crippen molar-refractivity contribution in [1.29, 1.82) is 0 Å². The highest BCUT2D eigenvalue weighted by Gasteiger charge is 2.19. The summed E-state index contributed by atoms with van der Waals surface area (Å²) in [6, 6.07) is 0. The highest BCUT2D eigenvalue weighted by atomic mass is 16.1. The maximum absolute atomic E-state index is 10.7. The van der Waals surface area contributed by atoms with E-state index in [-0.39, 0.29) is 23.4 Å². The normalized spacial score (nSPS) is 16.0. The van der Waals surface area contributed by atoms with Crippen LogP contribution in [0.25, 0.3) is 0 Å². The minimum Gasteiger partial charge on any atom is -0.300 e. The molecule has 0 radical (unpaired) electrons. The number of ketones is 2. The molecular weight excluding hydrogens is 128 g/mol. The fourth-order valence-corrected chi connectivity index (χ4v) is 0.704. The highest BCUT2D eigenvalue weighted by Crippen LogP contribution is 2.12. The lowest BCUT2D eigenvalue weighted by molar-refractivity contribution is -0.128. The van der Waals surface area contributed by atoms with E-state index in [1.165, 1.54) is 13.8 Å². The van der Waals surface area contributed by atoms with Crippen LogP contribution in [0.1, 0.15) is 27.7 Å². The van der Waals surface area contributed by atoms with E-state index in [4.69, 9.17) is 0 Å². The SMILES string of the molecule is CC(=O)[C@@H](C)[C@H](C)C(C)=O. The van der Waals surface area contributed by atoms with Crippen LogP contribution in [-0.4, -0.2) is 11.6 Å². The molecule has 0 heterocycles. The summed E-state index contributed by atoms with van der Waals surface area (Å²) < 4.78 is 0. The molecule has 0 N–H and O–H groups in total. The van der Waals surface area contributed by atoms with Crippen molar-refractivity contribution in [2.75, 3.05) is 0 Å². The summed E-state index contributed by atoms with van der Waals surface area (Å²) in [6.45, 7) is 6.61. The van der Waals surface area contributed by atoms with E-state index in [2.05, 4.69) is 0 Å². The van der Waals surface area contributed by atoms with Gasteiger partial charge in [-0.05, 0) is 13.8 Å². The van der Waals surface area contributed by atoms with Gasteiger partial charge in [-0.15, -0.1) is 0 Å². The van der Waals surface area contributed by atoms with Crippen molar-refractivity contribution in [3.63, 3.8) is 0 Å². The molecular formula is C8H14O2. The lowest BCUT2D eigenvalue weighted by Gasteiger charge is -2.12. The molecule has 0 aliphatic carbocycles. The Kier molecular flexibility index (Phi) is 3.26. The Labute approximate surface area is 61.6 Å². The van der Waals surface area contributed by atoms with E-state index < -0.39 is 0 Å². The van der Waals surface area contributed by atoms with Crippen LogP contribution in [0.15, 0.2) is 0 Å². The summed E-state index contributed by atoms with van der Waals surface area (Å²) in [6.07, 6.45) is 0. The number of Topliss-reactive ketones (excluding diaryl/α,β-unsaturated/α-hetero) is 2. The van der Waals surface area contributed by atoms with Gasteiger partial charge >= 0.3 is 0 Å². The van der Waals surface area contributed by atoms with Gasteiger partial charge in [0.15, 0.2) is 0 Å². The summed E-state index contributed by atoms with van der Waals surface area (Å²) in [5, 5.41) is 0. The first-order valence-electron chi connectivity index (χ1n) is 3.47. The average molecular weight is 142 g/mol. The van der Waals surface area contributed by atoms with Gasteiger partial charge < -0.3 is 0 Å². The Balaban J connectivity index is 4.07. The second-order valence-electron chi connectivity index (χ2n) is 2.80. The molecule has 0 saturated heterocycles. The lowest BCUT2D eigenvalue weighted by atomic mass is 9.90. The van der Waals surface area contributed by atoms with Crippen LogP contribution in [0.2, 0.25) is 0 Å². The molecule has 0 fully saturated rings. The molecule has 10 heavy (non-hydrogen) atoms. The molecule has 2 atom stereocenters. The zero-order valence-corrected chi connectivity index (χ0v) is 6.97. The smallest absolute Gasteiger partial charge is 0.133 e. The van der Waals surface area contributed by atoms with Crippen molar-refractivity contribution in [3.8, 4) is 0 Å². The first-order valence-corrected chi connectivity index (χ1v) is 3.47. The van der Waals surface area contributed by atoms with Gasteiger partial charge in [-0.2, -0.15) is 0 Å². The maximum atomic E-state index is 10.7. The van der Waals surface area contributed by atoms with E-state index in [1.807, 2.05) is 0 Å². The Bertz CT molecular complexity index is 131. The highest BCUT2D eigenvalue weighted by molar-refractivity contribution is 5.86. The Morgan fingerprint density at radius 3 is 1.20 bits per heavy atom. The Hall–Kier alpha value is -0.660. The van der Waals surface area contributed by atoms with Crippen LogP contribution >= 0.6 is 0 Å². The summed E-state index contributed by atoms with van der Waals surface area (Å²) in [5.74, 6) is -0.0830. The van der Waals surface area contributed by atoms with Gasteiger partial charge in [0.1, 0.15) is 11.6 Å². The third-order valence-corrected chi connectivity index (χ3v) is 2.03. The van der Waals surface area contributed by atoms with Crippen LogP contribution in [0.5, 0.6) is 0 Å². The standard InChI is InChI=1S/C8H14O2/c1-5(7(3)9)6(2)8(4)10/h5-6H,1-4H3/t5-,6-/m0/s1. The predicted molar refractivity (Wildman–Crippen MR) is 39.7 cm³/mol. The molecule has 0 aromatic heterocycles. The van der Waals surface area contributed by atoms with Crippen LogP contribution in [0.3, 0.4) is 0 Å². The molecule has 0 aliphatic heterocycles. The molecule has 0 spiro atoms. The van der Waals surface area contributed by atoms with Crippen LogP contribution in [-0.2, 0) is 9.59 Å². The number of hydrogen-bond acceptors (Lipinski definition) is 2. The first kappa shape index (κ1) is 9.34. The molecule has 0 aromatic carbocycles. The molecule has 0 rings (SSSR count). The van der Waals surface area contributed by atoms with E-state index in [0.29, 0.717) is 0 Å². The molecule has 0 aromatic rings. The van der Waals surface area contributed by atoms with Crippen molar-refractivity contribution < 1.29 is 9.59 Å². The molecule has 0 saturated carbocycles. The summed E-state index contributed by atoms with van der Waals surface area (Å²) in [5.41, 5.74) is 0. The lowest BCUT2D eigenvalue weighted by Crippen LogP contribution is -2.21. The van der Waals surface area contributed by atoms with Gasteiger partial charge in [0.25, 0.3) is 0 Å². The second-order valence-corrected chi connectivity index (χ2v) is 2.80. The topological polar surface area (TPSA) is 34.1 Å². The van der Waals surface area contributed by atoms with Gasteiger partial charge in [-0.25, -0.2) is 0 Å². The minimum atomic E-state index is -0.127. The third-order valence-electron chi connectivity index (χ3n) is 2.03. The number of hydrogen-bond donors (Lipinski definition) is 0. The van der Waals surface area contributed by atoms with E-state index in [0.717, 1.165) is 0 Å². The molecule has 0 aliphatic rings. The predicted octanol–water partition coefficient (Wildman–Crippen LogP) is 1.44. The van der Waals surface area contributed by atoms with Crippen molar-refractivity contribution in [3.05, 3.63) is 0 Å². The zero-order valence-electron chi connectivity index (χ0n) is 6.97. The molecule has 2 heteroatoms. The number of rotatable bonds is 3. The second kappa shape index (κ2) is 3.49. The van der Waals surface area contributed by atoms with E-state index in [1.54, 1.807) is 13.8 Å². The number of carbonyl (C=O) groups excluding carboxylic acids is 2. The quantitative estimate of drug-likeness (QED) is 0.597. The Morgan fingerprint density at radius 1 is 0.900 bits per heavy atom. The van der Waals surface area contributed by atoms with Crippen molar-refractivity contribution in [2.45, 2.75) is 27.7 Å². The summed E-state index contributed by atoms with van der Waals surface area (Å²) >= 11 is 0. The largest absolute Gasteiger partial charge is 0.300 e. The van der Waals surface area contributed by atoms with Gasteiger partial charge in [-0.3, -0.25) is 9.59 Å². The van der Waals surface area contributed by atoms with Crippen molar-refractivity contribution in [2.24, 2.45) is 11.8 Å². The molecule has 0 unspecified atom stereocenters. The fourth-order valence-electron chi connectivity index (χ4n) is 0.704. The van der Waals surface area contributed by atoms with Crippen LogP contribution in [0, 0.1) is 11.8 Å². The minimum absolute atomic E-state index is 0.0858. The third kappa shape index (κ3) is 2.29. The average Bonchev–Trinajstić information content (AvgIpc) is 1.84. The fraction of sp³-hybridized carbons (Fsp3) is 0.750. The zero-order chi connectivity index (χ0) is 8.31. The van der Waals surface area contributed by atoms with Crippen LogP contribution < -0.4 is 0 Å². The first-order chi connectivity index (χ1) is 4.46. The van der Waals surface area contributed by atoms with Gasteiger partial charge in [0, 0.05) is 11.8 Å². The van der Waals surface area contributed by atoms with Crippen LogP contribution in [0.4, 0.5) is 0 Å². The van der Waals surface area contributed by atoms with Gasteiger partial charge in [0.2, 0.25) is 0 Å². The molecule has 0 amide bonds. The Morgan fingerprint density at radius 2 is 1.10 bits per heavy atom. The monoisotopic (exact) mass is 142 g/mol. The summed E-state index contributed by atoms with van der Waals surface area (Å²) in [7, 11) is 0. The van der Waals surface area contributed by atoms with Crippen molar-refractivity contribution in [1.82, 2.24) is 0 Å². The summed E-state index contributed by atoms with van der Waals surface area (Å²) in [4.78, 5) is 21.5. The van der Waals surface area contributed by atoms with E-state index >= 15 is 0 Å². The molecule has 0 bridgehead atoms. The molecule has 2 nitrogen and oxygen atoms in total. The van der Waals surface area contributed by atoms with Gasteiger partial charge in [-0.1, -0.05) is 13.8 Å². The van der Waals surface area contributed by atoms with E-state index in [9.17, 15) is 9.59 Å². The molecule has 58 valence electrons. The maximum Gasteiger partial charge on any atom is 0.133 e. The number of carbonyl (C=O) groups is 2. The van der Waals surface area contributed by atoms with Crippen molar-refractivity contribution >= 4 is 11.6 Å².